The molecule has 0 saturated heterocycles. The lowest BCUT2D eigenvalue weighted by Crippen LogP contribution is -2.42. The van der Waals surface area contributed by atoms with Crippen molar-refractivity contribution in [3.8, 4) is 5.75 Å². The van der Waals surface area contributed by atoms with Gasteiger partial charge in [0.15, 0.2) is 0 Å². The van der Waals surface area contributed by atoms with Crippen LogP contribution >= 0.6 is 0 Å². The van der Waals surface area contributed by atoms with Crippen LogP contribution in [0.4, 0.5) is 0 Å². The highest BCUT2D eigenvalue weighted by Crippen LogP contribution is 2.18. The number of likely N-dealkylation sites (N-methyl/N-ethyl adjacent to an activating group) is 1. The van der Waals surface area contributed by atoms with Crippen LogP contribution in [-0.2, 0) is 0 Å². The molecule has 0 aliphatic carbocycles. The normalized spacial score (nSPS) is 12.8. The van der Waals surface area contributed by atoms with E-state index in [0.717, 1.165) is 18.5 Å². The van der Waals surface area contributed by atoms with Gasteiger partial charge in [0.2, 0.25) is 0 Å². The molecule has 1 amide bonds. The minimum Gasteiger partial charge on any atom is -0.507 e. The molecule has 1 atom stereocenters. The van der Waals surface area contributed by atoms with Gasteiger partial charge in [-0.05, 0) is 51.1 Å². The van der Waals surface area contributed by atoms with Crippen molar-refractivity contribution in [2.75, 3.05) is 20.6 Å². The smallest absolute Gasteiger partial charge is 0.255 e. The number of carbonyl (C=O) groups excluding carboxylic acids is 1. The van der Waals surface area contributed by atoms with Crippen molar-refractivity contribution in [2.24, 2.45) is 5.92 Å². The number of hydrogen-bond acceptors (Lipinski definition) is 3. The van der Waals surface area contributed by atoms with Crippen LogP contribution in [0.3, 0.4) is 0 Å². The van der Waals surface area contributed by atoms with Gasteiger partial charge in [0.25, 0.3) is 5.91 Å². The third kappa shape index (κ3) is 5.21. The number of carbonyl (C=O) groups is 1. The Morgan fingerprint density at radius 1 is 1.35 bits per heavy atom. The molecular weight excluding hydrogens is 252 g/mol. The number of rotatable bonds is 6. The van der Waals surface area contributed by atoms with Crippen molar-refractivity contribution in [1.82, 2.24) is 10.2 Å². The first-order valence-corrected chi connectivity index (χ1v) is 7.04. The topological polar surface area (TPSA) is 52.6 Å². The molecule has 2 N–H and O–H groups in total. The molecule has 0 fully saturated rings. The molecule has 112 valence electrons. The Labute approximate surface area is 121 Å². The second kappa shape index (κ2) is 7.29. The van der Waals surface area contributed by atoms with Crippen molar-refractivity contribution in [1.29, 1.82) is 0 Å². The Bertz CT molecular complexity index is 446. The molecule has 4 nitrogen and oxygen atoms in total. The zero-order chi connectivity index (χ0) is 15.3. The fourth-order valence-corrected chi connectivity index (χ4v) is 2.29. The maximum Gasteiger partial charge on any atom is 0.255 e. The number of phenols is 1. The Hall–Kier alpha value is -1.55. The molecule has 0 bridgehead atoms. The van der Waals surface area contributed by atoms with Crippen molar-refractivity contribution >= 4 is 5.91 Å². The van der Waals surface area contributed by atoms with E-state index in [1.165, 1.54) is 0 Å². The van der Waals surface area contributed by atoms with Crippen LogP contribution in [-0.4, -0.2) is 42.6 Å². The van der Waals surface area contributed by atoms with Gasteiger partial charge in [-0.25, -0.2) is 0 Å². The molecular formula is C16H26N2O2. The summed E-state index contributed by atoms with van der Waals surface area (Å²) in [6, 6.07) is 5.19. The Morgan fingerprint density at radius 2 is 2.00 bits per heavy atom. The van der Waals surface area contributed by atoms with Gasteiger partial charge in [-0.3, -0.25) is 4.79 Å². The van der Waals surface area contributed by atoms with Crippen molar-refractivity contribution in [3.63, 3.8) is 0 Å². The molecule has 0 spiro atoms. The predicted octanol–water partition coefficient (Wildman–Crippen LogP) is 2.41. The highest BCUT2D eigenvalue weighted by atomic mass is 16.3. The molecule has 1 aromatic rings. The quantitative estimate of drug-likeness (QED) is 0.840. The SMILES string of the molecule is Cc1ccc(C(=O)NC(CC(C)C)CN(C)C)c(O)c1. The van der Waals surface area contributed by atoms with Crippen molar-refractivity contribution in [2.45, 2.75) is 33.2 Å². The van der Waals surface area contributed by atoms with Gasteiger partial charge in [0.05, 0.1) is 5.56 Å². The molecule has 20 heavy (non-hydrogen) atoms. The van der Waals surface area contributed by atoms with Crippen LogP contribution in [0.2, 0.25) is 0 Å². The molecule has 1 aromatic carbocycles. The largest absolute Gasteiger partial charge is 0.507 e. The van der Waals surface area contributed by atoms with E-state index in [9.17, 15) is 9.90 Å². The van der Waals surface area contributed by atoms with Crippen molar-refractivity contribution in [3.05, 3.63) is 29.3 Å². The summed E-state index contributed by atoms with van der Waals surface area (Å²) in [5.74, 6) is 0.331. The number of nitrogens with one attached hydrogen (secondary N) is 1. The number of hydrogen-bond donors (Lipinski definition) is 2. The zero-order valence-corrected chi connectivity index (χ0v) is 13.1. The van der Waals surface area contributed by atoms with E-state index in [0.29, 0.717) is 11.5 Å². The Kier molecular flexibility index (Phi) is 6.02. The summed E-state index contributed by atoms with van der Waals surface area (Å²) in [6.45, 7) is 6.95. The molecule has 0 aliphatic heterocycles. The van der Waals surface area contributed by atoms with E-state index in [4.69, 9.17) is 0 Å². The first-order chi connectivity index (χ1) is 9.29. The Morgan fingerprint density at radius 3 is 2.50 bits per heavy atom. The number of benzene rings is 1. The molecule has 0 heterocycles. The number of aromatic hydroxyl groups is 1. The maximum atomic E-state index is 12.3. The lowest BCUT2D eigenvalue weighted by atomic mass is 10.0. The lowest BCUT2D eigenvalue weighted by Gasteiger charge is -2.24. The summed E-state index contributed by atoms with van der Waals surface area (Å²) >= 11 is 0. The second-order valence-electron chi connectivity index (χ2n) is 6.08. The standard InChI is InChI=1S/C16H26N2O2/c1-11(2)8-13(10-18(4)5)17-16(20)14-7-6-12(3)9-15(14)19/h6-7,9,11,13,19H,8,10H2,1-5H3,(H,17,20). The van der Waals surface area contributed by atoms with E-state index in [1.807, 2.05) is 27.1 Å². The molecule has 0 aliphatic rings. The third-order valence-electron chi connectivity index (χ3n) is 3.07. The van der Waals surface area contributed by atoms with E-state index in [2.05, 4.69) is 24.1 Å². The first-order valence-electron chi connectivity index (χ1n) is 7.04. The minimum absolute atomic E-state index is 0.0376. The van der Waals surface area contributed by atoms with Gasteiger partial charge >= 0.3 is 0 Å². The summed E-state index contributed by atoms with van der Waals surface area (Å²) < 4.78 is 0. The van der Waals surface area contributed by atoms with Crippen LogP contribution < -0.4 is 5.32 Å². The maximum absolute atomic E-state index is 12.3. The van der Waals surface area contributed by atoms with Gasteiger partial charge in [0, 0.05) is 12.6 Å². The average molecular weight is 278 g/mol. The fraction of sp³-hybridized carbons (Fsp3) is 0.562. The van der Waals surface area contributed by atoms with Gasteiger partial charge in [-0.15, -0.1) is 0 Å². The number of aryl methyl sites for hydroxylation is 1. The van der Waals surface area contributed by atoms with Crippen LogP contribution in [0.15, 0.2) is 18.2 Å². The average Bonchev–Trinajstić information content (AvgIpc) is 2.26. The van der Waals surface area contributed by atoms with Crippen LogP contribution in [0.25, 0.3) is 0 Å². The number of phenolic OH excluding ortho intramolecular Hbond substituents is 1. The molecule has 0 saturated carbocycles. The fourth-order valence-electron chi connectivity index (χ4n) is 2.29. The van der Waals surface area contributed by atoms with Crippen LogP contribution in [0, 0.1) is 12.8 Å². The number of amides is 1. The second-order valence-corrected chi connectivity index (χ2v) is 6.08. The van der Waals surface area contributed by atoms with Crippen molar-refractivity contribution < 1.29 is 9.90 Å². The summed E-state index contributed by atoms with van der Waals surface area (Å²) in [7, 11) is 3.98. The van der Waals surface area contributed by atoms with Gasteiger partial charge in [-0.2, -0.15) is 0 Å². The number of nitrogens with zero attached hydrogens (tertiary/aromatic N) is 1. The summed E-state index contributed by atoms with van der Waals surface area (Å²) in [5, 5.41) is 12.9. The summed E-state index contributed by atoms with van der Waals surface area (Å²) in [6.07, 6.45) is 0.913. The van der Waals surface area contributed by atoms with E-state index >= 15 is 0 Å². The molecule has 0 aromatic heterocycles. The van der Waals surface area contributed by atoms with E-state index in [1.54, 1.807) is 12.1 Å². The highest BCUT2D eigenvalue weighted by molar-refractivity contribution is 5.97. The molecule has 0 radical (unpaired) electrons. The summed E-state index contributed by atoms with van der Waals surface area (Å²) in [4.78, 5) is 14.3. The predicted molar refractivity (Wildman–Crippen MR) is 82.1 cm³/mol. The van der Waals surface area contributed by atoms with E-state index in [-0.39, 0.29) is 17.7 Å². The zero-order valence-electron chi connectivity index (χ0n) is 13.1. The van der Waals surface area contributed by atoms with Gasteiger partial charge in [-0.1, -0.05) is 19.9 Å². The molecule has 1 unspecified atom stereocenters. The highest BCUT2D eigenvalue weighted by Gasteiger charge is 2.18. The Balaban J connectivity index is 2.78. The monoisotopic (exact) mass is 278 g/mol. The molecule has 1 rings (SSSR count). The lowest BCUT2D eigenvalue weighted by molar-refractivity contribution is 0.0922. The summed E-state index contributed by atoms with van der Waals surface area (Å²) in [5.41, 5.74) is 1.27. The van der Waals surface area contributed by atoms with E-state index < -0.39 is 0 Å². The van der Waals surface area contributed by atoms with Gasteiger partial charge in [0.1, 0.15) is 5.75 Å². The van der Waals surface area contributed by atoms with Crippen LogP contribution in [0.1, 0.15) is 36.2 Å². The van der Waals surface area contributed by atoms with Gasteiger partial charge < -0.3 is 15.3 Å². The third-order valence-corrected chi connectivity index (χ3v) is 3.07. The minimum atomic E-state index is -0.213. The molecule has 4 heteroatoms. The van der Waals surface area contributed by atoms with Crippen LogP contribution in [0.5, 0.6) is 5.75 Å². The first kappa shape index (κ1) is 16.5.